The first kappa shape index (κ1) is 12.0. The highest BCUT2D eigenvalue weighted by molar-refractivity contribution is 6.03. The number of anilines is 2. The van der Waals surface area contributed by atoms with Crippen molar-refractivity contribution in [1.29, 1.82) is 0 Å². The Morgan fingerprint density at radius 3 is 2.78 bits per heavy atom. The molecule has 0 saturated carbocycles. The van der Waals surface area contributed by atoms with Crippen molar-refractivity contribution < 1.29 is 9.18 Å². The van der Waals surface area contributed by atoms with Crippen LogP contribution in [0.3, 0.4) is 0 Å². The number of carbonyl (C=O) groups excluding carboxylic acids is 1. The van der Waals surface area contributed by atoms with Gasteiger partial charge in [0.1, 0.15) is 17.3 Å². The lowest BCUT2D eigenvalue weighted by Crippen LogP contribution is -2.15. The Balaban J connectivity index is 2.21. The highest BCUT2D eigenvalue weighted by Crippen LogP contribution is 2.16. The minimum absolute atomic E-state index is 0.118. The van der Waals surface area contributed by atoms with Crippen LogP contribution < -0.4 is 11.1 Å². The van der Waals surface area contributed by atoms with Crippen molar-refractivity contribution in [1.82, 2.24) is 9.97 Å². The van der Waals surface area contributed by atoms with E-state index >= 15 is 0 Å². The number of amides is 1. The van der Waals surface area contributed by atoms with Crippen molar-refractivity contribution in [3.8, 4) is 0 Å². The van der Waals surface area contributed by atoms with Gasteiger partial charge in [-0.25, -0.2) is 14.4 Å². The number of aromatic nitrogens is 2. The van der Waals surface area contributed by atoms with Gasteiger partial charge in [0.15, 0.2) is 0 Å². The van der Waals surface area contributed by atoms with Gasteiger partial charge >= 0.3 is 0 Å². The molecule has 92 valence electrons. The molecule has 0 fully saturated rings. The van der Waals surface area contributed by atoms with Crippen molar-refractivity contribution in [2.75, 3.05) is 11.1 Å². The van der Waals surface area contributed by atoms with Gasteiger partial charge in [0, 0.05) is 5.69 Å². The number of rotatable bonds is 2. The summed E-state index contributed by atoms with van der Waals surface area (Å²) in [6, 6.07) is 4.16. The Labute approximate surface area is 103 Å². The molecule has 0 aliphatic heterocycles. The molecule has 3 N–H and O–H groups in total. The second-order valence-electron chi connectivity index (χ2n) is 3.74. The zero-order valence-electron chi connectivity index (χ0n) is 9.64. The van der Waals surface area contributed by atoms with Crippen LogP contribution in [0.4, 0.5) is 15.9 Å². The molecule has 0 bridgehead atoms. The number of hydrogen-bond donors (Lipinski definition) is 2. The Hall–Kier alpha value is -2.50. The fourth-order valence-corrected chi connectivity index (χ4v) is 1.37. The van der Waals surface area contributed by atoms with Crippen molar-refractivity contribution in [3.05, 3.63) is 47.7 Å². The Morgan fingerprint density at radius 1 is 1.33 bits per heavy atom. The molecule has 5 nitrogen and oxygen atoms in total. The normalized spacial score (nSPS) is 10.1. The van der Waals surface area contributed by atoms with Crippen molar-refractivity contribution in [2.45, 2.75) is 6.92 Å². The monoisotopic (exact) mass is 246 g/mol. The fraction of sp³-hybridized carbons (Fsp3) is 0.0833. The van der Waals surface area contributed by atoms with Gasteiger partial charge in [-0.3, -0.25) is 4.79 Å². The molecule has 0 aliphatic rings. The molecule has 0 saturated heterocycles. The van der Waals surface area contributed by atoms with Crippen LogP contribution in [0.5, 0.6) is 0 Å². The van der Waals surface area contributed by atoms with E-state index in [1.807, 2.05) is 0 Å². The molecular weight excluding hydrogens is 235 g/mol. The number of nitrogen functional groups attached to an aromatic ring is 1. The van der Waals surface area contributed by atoms with Gasteiger partial charge < -0.3 is 11.1 Å². The van der Waals surface area contributed by atoms with Gasteiger partial charge in [-0.1, -0.05) is 6.07 Å². The molecule has 1 amide bonds. The van der Waals surface area contributed by atoms with E-state index in [1.165, 1.54) is 24.5 Å². The second kappa shape index (κ2) is 4.79. The standard InChI is InChI=1S/C12H11FN4O/c1-7-2-3-8(13)4-9(7)17-12(18)10-5-16-11(14)6-15-10/h2-6H,1H3,(H2,14,16)(H,17,18). The van der Waals surface area contributed by atoms with Gasteiger partial charge in [0.05, 0.1) is 12.4 Å². The average molecular weight is 246 g/mol. The van der Waals surface area contributed by atoms with Crippen LogP contribution in [-0.4, -0.2) is 15.9 Å². The van der Waals surface area contributed by atoms with E-state index < -0.39 is 11.7 Å². The molecule has 0 spiro atoms. The maximum absolute atomic E-state index is 13.1. The average Bonchev–Trinajstić information content (AvgIpc) is 2.34. The molecule has 1 heterocycles. The Kier molecular flexibility index (Phi) is 3.18. The molecule has 0 radical (unpaired) electrons. The summed E-state index contributed by atoms with van der Waals surface area (Å²) in [6.45, 7) is 1.77. The molecular formula is C12H11FN4O. The Bertz CT molecular complexity index is 583. The zero-order valence-corrected chi connectivity index (χ0v) is 9.64. The second-order valence-corrected chi connectivity index (χ2v) is 3.74. The van der Waals surface area contributed by atoms with Gasteiger partial charge in [0.25, 0.3) is 5.91 Å². The van der Waals surface area contributed by atoms with Crippen molar-refractivity contribution >= 4 is 17.4 Å². The summed E-state index contributed by atoms with van der Waals surface area (Å²) in [5, 5.41) is 2.56. The number of benzene rings is 1. The number of hydrogen-bond acceptors (Lipinski definition) is 4. The molecule has 2 rings (SSSR count). The Morgan fingerprint density at radius 2 is 2.11 bits per heavy atom. The van der Waals surface area contributed by atoms with E-state index in [2.05, 4.69) is 15.3 Å². The van der Waals surface area contributed by atoms with E-state index in [9.17, 15) is 9.18 Å². The number of carbonyl (C=O) groups is 1. The molecule has 0 unspecified atom stereocenters. The summed E-state index contributed by atoms with van der Waals surface area (Å²) in [6.07, 6.45) is 2.55. The fourth-order valence-electron chi connectivity index (χ4n) is 1.37. The number of halogens is 1. The third-order valence-electron chi connectivity index (χ3n) is 2.35. The molecule has 0 atom stereocenters. The third kappa shape index (κ3) is 2.60. The summed E-state index contributed by atoms with van der Waals surface area (Å²) in [7, 11) is 0. The molecule has 18 heavy (non-hydrogen) atoms. The van der Waals surface area contributed by atoms with Crippen LogP contribution in [0.15, 0.2) is 30.6 Å². The summed E-state index contributed by atoms with van der Waals surface area (Å²) in [5.41, 5.74) is 6.65. The maximum Gasteiger partial charge on any atom is 0.275 e. The summed E-state index contributed by atoms with van der Waals surface area (Å²) >= 11 is 0. The number of aryl methyl sites for hydroxylation is 1. The van der Waals surface area contributed by atoms with Crippen LogP contribution in [-0.2, 0) is 0 Å². The number of nitrogens with zero attached hydrogens (tertiary/aromatic N) is 2. The molecule has 1 aromatic carbocycles. The van der Waals surface area contributed by atoms with Gasteiger partial charge in [-0.15, -0.1) is 0 Å². The largest absolute Gasteiger partial charge is 0.382 e. The third-order valence-corrected chi connectivity index (χ3v) is 2.35. The maximum atomic E-state index is 13.1. The van der Waals surface area contributed by atoms with E-state index in [4.69, 9.17) is 5.73 Å². The van der Waals surface area contributed by atoms with Crippen molar-refractivity contribution in [2.24, 2.45) is 0 Å². The van der Waals surface area contributed by atoms with Crippen LogP contribution in [0, 0.1) is 12.7 Å². The quantitative estimate of drug-likeness (QED) is 0.846. The topological polar surface area (TPSA) is 80.9 Å². The van der Waals surface area contributed by atoms with Gasteiger partial charge in [-0.2, -0.15) is 0 Å². The SMILES string of the molecule is Cc1ccc(F)cc1NC(=O)c1cnc(N)cn1. The number of nitrogens with one attached hydrogen (secondary N) is 1. The first-order valence-electron chi connectivity index (χ1n) is 5.21. The molecule has 6 heteroatoms. The summed E-state index contributed by atoms with van der Waals surface area (Å²) in [4.78, 5) is 19.4. The summed E-state index contributed by atoms with van der Waals surface area (Å²) in [5.74, 6) is -0.649. The zero-order chi connectivity index (χ0) is 13.1. The molecule has 2 aromatic rings. The smallest absolute Gasteiger partial charge is 0.275 e. The predicted molar refractivity (Wildman–Crippen MR) is 65.5 cm³/mol. The van der Waals surface area contributed by atoms with E-state index in [0.29, 0.717) is 5.69 Å². The minimum Gasteiger partial charge on any atom is -0.382 e. The van der Waals surface area contributed by atoms with Crippen LogP contribution in [0.25, 0.3) is 0 Å². The predicted octanol–water partition coefficient (Wildman–Crippen LogP) is 1.76. The minimum atomic E-state index is -0.462. The van der Waals surface area contributed by atoms with Gasteiger partial charge in [0.2, 0.25) is 0 Å². The van der Waals surface area contributed by atoms with E-state index in [-0.39, 0.29) is 11.5 Å². The van der Waals surface area contributed by atoms with Crippen LogP contribution >= 0.6 is 0 Å². The van der Waals surface area contributed by atoms with Crippen LogP contribution in [0.2, 0.25) is 0 Å². The number of nitrogens with two attached hydrogens (primary N) is 1. The highest BCUT2D eigenvalue weighted by Gasteiger charge is 2.10. The van der Waals surface area contributed by atoms with E-state index in [1.54, 1.807) is 13.0 Å². The lowest BCUT2D eigenvalue weighted by atomic mass is 10.2. The lowest BCUT2D eigenvalue weighted by molar-refractivity contribution is 0.102. The van der Waals surface area contributed by atoms with Crippen molar-refractivity contribution in [3.63, 3.8) is 0 Å². The summed E-state index contributed by atoms with van der Waals surface area (Å²) < 4.78 is 13.1. The highest BCUT2D eigenvalue weighted by atomic mass is 19.1. The first-order valence-corrected chi connectivity index (χ1v) is 5.21. The lowest BCUT2D eigenvalue weighted by Gasteiger charge is -2.07. The molecule has 0 aliphatic carbocycles. The van der Waals surface area contributed by atoms with Gasteiger partial charge in [-0.05, 0) is 24.6 Å². The van der Waals surface area contributed by atoms with E-state index in [0.717, 1.165) is 5.56 Å². The first-order chi connectivity index (χ1) is 8.56. The molecule has 1 aromatic heterocycles. The van der Waals surface area contributed by atoms with Crippen LogP contribution in [0.1, 0.15) is 16.1 Å².